The Hall–Kier alpha value is -2.62. The molecule has 2 aromatic carbocycles. The van der Waals surface area contributed by atoms with Crippen molar-refractivity contribution >= 4 is 11.9 Å². The van der Waals surface area contributed by atoms with Crippen molar-refractivity contribution in [3.8, 4) is 11.1 Å². The first kappa shape index (κ1) is 21.7. The molecule has 4 heteroatoms. The van der Waals surface area contributed by atoms with Crippen LogP contribution in [0.3, 0.4) is 0 Å². The molecule has 28 heavy (non-hydrogen) atoms. The first-order valence-electron chi connectivity index (χ1n) is 10.2. The summed E-state index contributed by atoms with van der Waals surface area (Å²) in [5.41, 5.74) is 4.25. The molecule has 0 fully saturated rings. The van der Waals surface area contributed by atoms with E-state index in [1.165, 1.54) is 18.4 Å². The molecule has 0 radical (unpaired) electrons. The van der Waals surface area contributed by atoms with E-state index in [-0.39, 0.29) is 11.8 Å². The Balaban J connectivity index is 1.81. The summed E-state index contributed by atoms with van der Waals surface area (Å²) in [6.07, 6.45) is 5.74. The van der Waals surface area contributed by atoms with E-state index in [1.807, 2.05) is 24.3 Å². The Kier molecular flexibility index (Phi) is 8.73. The molecule has 0 bridgehead atoms. The molecule has 0 aliphatic rings. The van der Waals surface area contributed by atoms with Crippen LogP contribution in [0.15, 0.2) is 48.5 Å². The first-order chi connectivity index (χ1) is 13.5. The number of carboxylic acid groups (broad SMARTS) is 1. The van der Waals surface area contributed by atoms with Gasteiger partial charge in [0, 0.05) is 12.1 Å². The van der Waals surface area contributed by atoms with Crippen LogP contribution in [-0.4, -0.2) is 23.5 Å². The van der Waals surface area contributed by atoms with Crippen molar-refractivity contribution in [1.82, 2.24) is 5.32 Å². The SMILES string of the molecule is CCCCc1ccc(-c2ccc(C(=O)NCCCC[C@H](C)C(=O)O)cc2)cc1. The quantitative estimate of drug-likeness (QED) is 0.518. The van der Waals surface area contributed by atoms with Gasteiger partial charge in [0.2, 0.25) is 0 Å². The first-order valence-corrected chi connectivity index (χ1v) is 10.2. The van der Waals surface area contributed by atoms with Crippen LogP contribution in [-0.2, 0) is 11.2 Å². The third kappa shape index (κ3) is 6.84. The molecule has 1 atom stereocenters. The van der Waals surface area contributed by atoms with Crippen LogP contribution in [0, 0.1) is 5.92 Å². The zero-order chi connectivity index (χ0) is 20.4. The Morgan fingerprint density at radius 1 is 0.929 bits per heavy atom. The minimum absolute atomic E-state index is 0.0900. The minimum Gasteiger partial charge on any atom is -0.481 e. The van der Waals surface area contributed by atoms with Crippen molar-refractivity contribution in [2.75, 3.05) is 6.54 Å². The summed E-state index contributed by atoms with van der Waals surface area (Å²) in [6, 6.07) is 16.3. The number of nitrogens with one attached hydrogen (secondary N) is 1. The van der Waals surface area contributed by atoms with Gasteiger partial charge < -0.3 is 10.4 Å². The van der Waals surface area contributed by atoms with Crippen molar-refractivity contribution in [3.63, 3.8) is 0 Å². The molecule has 1 amide bonds. The van der Waals surface area contributed by atoms with Gasteiger partial charge in [0.05, 0.1) is 5.92 Å². The molecule has 2 aromatic rings. The highest BCUT2D eigenvalue weighted by Gasteiger charge is 2.10. The van der Waals surface area contributed by atoms with Gasteiger partial charge in [-0.2, -0.15) is 0 Å². The summed E-state index contributed by atoms with van der Waals surface area (Å²) >= 11 is 0. The number of aliphatic carboxylic acids is 1. The van der Waals surface area contributed by atoms with Gasteiger partial charge in [-0.05, 0) is 54.5 Å². The van der Waals surface area contributed by atoms with Gasteiger partial charge in [0.15, 0.2) is 0 Å². The van der Waals surface area contributed by atoms with E-state index in [9.17, 15) is 9.59 Å². The van der Waals surface area contributed by atoms with E-state index >= 15 is 0 Å². The second-order valence-corrected chi connectivity index (χ2v) is 7.37. The van der Waals surface area contributed by atoms with E-state index in [2.05, 4.69) is 36.5 Å². The van der Waals surface area contributed by atoms with Crippen LogP contribution < -0.4 is 5.32 Å². The molecule has 0 heterocycles. The third-order valence-electron chi connectivity index (χ3n) is 5.02. The predicted octanol–water partition coefficient (Wildman–Crippen LogP) is 5.32. The topological polar surface area (TPSA) is 66.4 Å². The molecule has 0 spiro atoms. The Bertz CT molecular complexity index is 750. The lowest BCUT2D eigenvalue weighted by Gasteiger charge is -2.08. The van der Waals surface area contributed by atoms with Crippen LogP contribution in [0.5, 0.6) is 0 Å². The molecule has 0 saturated carbocycles. The zero-order valence-corrected chi connectivity index (χ0v) is 16.9. The molecule has 4 nitrogen and oxygen atoms in total. The molecule has 0 aliphatic carbocycles. The second kappa shape index (κ2) is 11.3. The molecule has 0 aromatic heterocycles. The number of aryl methyl sites for hydroxylation is 1. The maximum atomic E-state index is 12.2. The molecule has 0 unspecified atom stereocenters. The van der Waals surface area contributed by atoms with E-state index < -0.39 is 5.97 Å². The van der Waals surface area contributed by atoms with Crippen LogP contribution in [0.4, 0.5) is 0 Å². The third-order valence-corrected chi connectivity index (χ3v) is 5.02. The van der Waals surface area contributed by atoms with Gasteiger partial charge in [-0.3, -0.25) is 9.59 Å². The Labute approximate surface area is 168 Å². The number of amides is 1. The van der Waals surface area contributed by atoms with Crippen molar-refractivity contribution in [2.45, 2.75) is 52.4 Å². The lowest BCUT2D eigenvalue weighted by Crippen LogP contribution is -2.24. The molecular weight excluding hydrogens is 350 g/mol. The highest BCUT2D eigenvalue weighted by atomic mass is 16.4. The maximum Gasteiger partial charge on any atom is 0.306 e. The number of hydrogen-bond donors (Lipinski definition) is 2. The standard InChI is InChI=1S/C24H31NO3/c1-3-4-8-19-9-11-20(12-10-19)21-13-15-22(16-14-21)23(26)25-17-6-5-7-18(2)24(27)28/h9-16,18H,3-8,17H2,1-2H3,(H,25,26)(H,27,28)/t18-/m0/s1. The number of benzene rings is 2. The summed E-state index contributed by atoms with van der Waals surface area (Å²) in [5, 5.41) is 11.8. The second-order valence-electron chi connectivity index (χ2n) is 7.37. The number of carboxylic acids is 1. The molecular formula is C24H31NO3. The van der Waals surface area contributed by atoms with E-state index in [4.69, 9.17) is 5.11 Å². The zero-order valence-electron chi connectivity index (χ0n) is 16.9. The van der Waals surface area contributed by atoms with Crippen LogP contribution >= 0.6 is 0 Å². The average molecular weight is 382 g/mol. The van der Waals surface area contributed by atoms with E-state index in [1.54, 1.807) is 6.92 Å². The van der Waals surface area contributed by atoms with Gasteiger partial charge in [-0.25, -0.2) is 0 Å². The lowest BCUT2D eigenvalue weighted by atomic mass is 10.0. The fourth-order valence-corrected chi connectivity index (χ4v) is 3.06. The van der Waals surface area contributed by atoms with Gasteiger partial charge in [-0.1, -0.05) is 63.1 Å². The number of rotatable bonds is 11. The van der Waals surface area contributed by atoms with Crippen molar-refractivity contribution in [3.05, 3.63) is 59.7 Å². The van der Waals surface area contributed by atoms with Crippen LogP contribution in [0.2, 0.25) is 0 Å². The van der Waals surface area contributed by atoms with Gasteiger partial charge in [0.25, 0.3) is 5.91 Å². The highest BCUT2D eigenvalue weighted by molar-refractivity contribution is 5.94. The maximum absolute atomic E-state index is 12.2. The van der Waals surface area contributed by atoms with E-state index in [0.717, 1.165) is 30.4 Å². The summed E-state index contributed by atoms with van der Waals surface area (Å²) in [5.74, 6) is -1.18. The molecule has 0 aliphatic heterocycles. The summed E-state index contributed by atoms with van der Waals surface area (Å²) < 4.78 is 0. The molecule has 2 N–H and O–H groups in total. The fraction of sp³-hybridized carbons (Fsp3) is 0.417. The number of hydrogen-bond acceptors (Lipinski definition) is 2. The summed E-state index contributed by atoms with van der Waals surface area (Å²) in [6.45, 7) is 4.47. The average Bonchev–Trinajstić information content (AvgIpc) is 2.72. The van der Waals surface area contributed by atoms with E-state index in [0.29, 0.717) is 18.5 Å². The van der Waals surface area contributed by atoms with Gasteiger partial charge in [-0.15, -0.1) is 0 Å². The molecule has 150 valence electrons. The predicted molar refractivity (Wildman–Crippen MR) is 113 cm³/mol. The number of unbranched alkanes of at least 4 members (excludes halogenated alkanes) is 2. The van der Waals surface area contributed by atoms with Gasteiger partial charge in [0.1, 0.15) is 0 Å². The van der Waals surface area contributed by atoms with Crippen molar-refractivity contribution < 1.29 is 14.7 Å². The largest absolute Gasteiger partial charge is 0.481 e. The lowest BCUT2D eigenvalue weighted by molar-refractivity contribution is -0.141. The van der Waals surface area contributed by atoms with Crippen LogP contribution in [0.25, 0.3) is 11.1 Å². The summed E-state index contributed by atoms with van der Waals surface area (Å²) in [7, 11) is 0. The molecule has 0 saturated heterocycles. The van der Waals surface area contributed by atoms with Crippen molar-refractivity contribution in [1.29, 1.82) is 0 Å². The van der Waals surface area contributed by atoms with Gasteiger partial charge >= 0.3 is 5.97 Å². The van der Waals surface area contributed by atoms with Crippen molar-refractivity contribution in [2.24, 2.45) is 5.92 Å². The Morgan fingerprint density at radius 3 is 2.11 bits per heavy atom. The molecule has 2 rings (SSSR count). The normalized spacial score (nSPS) is 11.8. The highest BCUT2D eigenvalue weighted by Crippen LogP contribution is 2.21. The van der Waals surface area contributed by atoms with Crippen LogP contribution in [0.1, 0.15) is 61.9 Å². The Morgan fingerprint density at radius 2 is 1.54 bits per heavy atom. The number of carbonyl (C=O) groups excluding carboxylic acids is 1. The fourth-order valence-electron chi connectivity index (χ4n) is 3.06. The monoisotopic (exact) mass is 381 g/mol. The number of carbonyl (C=O) groups is 2. The summed E-state index contributed by atoms with van der Waals surface area (Å²) in [4.78, 5) is 23.0. The minimum atomic E-state index is -0.764. The smallest absolute Gasteiger partial charge is 0.306 e.